The van der Waals surface area contributed by atoms with Crippen molar-refractivity contribution in [2.75, 3.05) is 11.9 Å². The molecule has 0 aliphatic carbocycles. The molecular formula is C22H22FN3O3S. The number of hydrogen-bond acceptors (Lipinski definition) is 5. The molecule has 2 unspecified atom stereocenters. The molecule has 0 bridgehead atoms. The van der Waals surface area contributed by atoms with Gasteiger partial charge in [0.05, 0.1) is 28.8 Å². The molecular weight excluding hydrogens is 405 g/mol. The molecule has 1 amide bonds. The average molecular weight is 428 g/mol. The molecule has 2 atom stereocenters. The standard InChI is InChI=1S/C22H22FN3O3S/c1-14(20(27)24-16-10-8-15(23)9-11-16)30-22-25-19-7-3-2-6-18(19)21(28)26(22)13-17-5-4-12-29-17/h2-3,6-11,14,17H,4-5,12-13H2,1H3,(H,24,27). The summed E-state index contributed by atoms with van der Waals surface area (Å²) >= 11 is 1.22. The summed E-state index contributed by atoms with van der Waals surface area (Å²) in [5.41, 5.74) is 0.974. The van der Waals surface area contributed by atoms with Crippen molar-refractivity contribution in [2.24, 2.45) is 0 Å². The molecule has 8 heteroatoms. The number of nitrogens with one attached hydrogen (secondary N) is 1. The number of nitrogens with zero attached hydrogens (tertiary/aromatic N) is 2. The van der Waals surface area contributed by atoms with Crippen LogP contribution in [-0.4, -0.2) is 33.4 Å². The molecule has 1 fully saturated rings. The van der Waals surface area contributed by atoms with E-state index in [1.54, 1.807) is 23.6 Å². The zero-order valence-corrected chi connectivity index (χ0v) is 17.3. The first-order chi connectivity index (χ1) is 14.5. The molecule has 0 spiro atoms. The van der Waals surface area contributed by atoms with Crippen LogP contribution < -0.4 is 10.9 Å². The number of aromatic nitrogens is 2. The van der Waals surface area contributed by atoms with Crippen LogP contribution >= 0.6 is 11.8 Å². The first kappa shape index (κ1) is 20.6. The highest BCUT2D eigenvalue weighted by Crippen LogP contribution is 2.25. The molecule has 156 valence electrons. The molecule has 1 aromatic heterocycles. The highest BCUT2D eigenvalue weighted by molar-refractivity contribution is 8.00. The summed E-state index contributed by atoms with van der Waals surface area (Å²) in [5, 5.41) is 3.28. The molecule has 0 saturated carbocycles. The van der Waals surface area contributed by atoms with Crippen molar-refractivity contribution in [1.29, 1.82) is 0 Å². The summed E-state index contributed by atoms with van der Waals surface area (Å²) in [4.78, 5) is 30.4. The summed E-state index contributed by atoms with van der Waals surface area (Å²) in [5.74, 6) is -0.619. The second-order valence-electron chi connectivity index (χ2n) is 7.22. The van der Waals surface area contributed by atoms with Gasteiger partial charge in [-0.25, -0.2) is 9.37 Å². The van der Waals surface area contributed by atoms with Gasteiger partial charge >= 0.3 is 0 Å². The third kappa shape index (κ3) is 4.55. The van der Waals surface area contributed by atoms with Crippen molar-refractivity contribution >= 4 is 34.3 Å². The number of para-hydroxylation sites is 1. The van der Waals surface area contributed by atoms with E-state index in [-0.39, 0.29) is 23.4 Å². The lowest BCUT2D eigenvalue weighted by atomic mass is 10.2. The third-order valence-electron chi connectivity index (χ3n) is 5.00. The maximum Gasteiger partial charge on any atom is 0.262 e. The number of ether oxygens (including phenoxy) is 1. The lowest BCUT2D eigenvalue weighted by Gasteiger charge is -2.18. The Hall–Kier alpha value is -2.71. The molecule has 2 aromatic carbocycles. The molecule has 1 aliphatic rings. The van der Waals surface area contributed by atoms with Gasteiger partial charge in [0.2, 0.25) is 5.91 Å². The molecule has 1 saturated heterocycles. The van der Waals surface area contributed by atoms with E-state index in [1.807, 2.05) is 12.1 Å². The van der Waals surface area contributed by atoms with Gasteiger partial charge in [0, 0.05) is 12.3 Å². The average Bonchev–Trinajstić information content (AvgIpc) is 3.26. The zero-order valence-electron chi connectivity index (χ0n) is 16.5. The van der Waals surface area contributed by atoms with Crippen LogP contribution in [0.15, 0.2) is 58.5 Å². The topological polar surface area (TPSA) is 73.2 Å². The van der Waals surface area contributed by atoms with Crippen LogP contribution in [0.5, 0.6) is 0 Å². The molecule has 1 aliphatic heterocycles. The number of hydrogen-bond donors (Lipinski definition) is 1. The van der Waals surface area contributed by atoms with E-state index in [0.29, 0.717) is 34.9 Å². The Morgan fingerprint density at radius 2 is 2.07 bits per heavy atom. The van der Waals surface area contributed by atoms with Gasteiger partial charge in [-0.2, -0.15) is 0 Å². The van der Waals surface area contributed by atoms with Crippen LogP contribution in [0.25, 0.3) is 10.9 Å². The predicted octanol–water partition coefficient (Wildman–Crippen LogP) is 3.83. The van der Waals surface area contributed by atoms with Crippen LogP contribution in [0, 0.1) is 5.82 Å². The third-order valence-corrected chi connectivity index (χ3v) is 6.09. The Balaban J connectivity index is 1.60. The van der Waals surface area contributed by atoms with E-state index < -0.39 is 5.25 Å². The summed E-state index contributed by atoms with van der Waals surface area (Å²) in [6.45, 7) is 2.85. The van der Waals surface area contributed by atoms with Gasteiger partial charge in [0.25, 0.3) is 5.56 Å². The Morgan fingerprint density at radius 3 is 2.80 bits per heavy atom. The molecule has 4 rings (SSSR count). The predicted molar refractivity (Wildman–Crippen MR) is 115 cm³/mol. The second kappa shape index (κ2) is 8.97. The fourth-order valence-corrected chi connectivity index (χ4v) is 4.30. The van der Waals surface area contributed by atoms with Crippen molar-refractivity contribution in [3.63, 3.8) is 0 Å². The lowest BCUT2D eigenvalue weighted by Crippen LogP contribution is -2.30. The number of halogens is 1. The van der Waals surface area contributed by atoms with Gasteiger partial charge in [-0.15, -0.1) is 0 Å². The SMILES string of the molecule is CC(Sc1nc2ccccc2c(=O)n1CC1CCCO1)C(=O)Nc1ccc(F)cc1. The number of thioether (sulfide) groups is 1. The zero-order chi connectivity index (χ0) is 21.1. The van der Waals surface area contributed by atoms with Crippen LogP contribution in [0.1, 0.15) is 19.8 Å². The van der Waals surface area contributed by atoms with Crippen LogP contribution in [0.3, 0.4) is 0 Å². The molecule has 3 aromatic rings. The minimum absolute atomic E-state index is 0.0339. The van der Waals surface area contributed by atoms with Crippen molar-refractivity contribution in [2.45, 2.75) is 42.8 Å². The van der Waals surface area contributed by atoms with E-state index in [2.05, 4.69) is 10.3 Å². The Labute approximate surface area is 177 Å². The first-order valence-electron chi connectivity index (χ1n) is 9.85. The van der Waals surface area contributed by atoms with E-state index in [1.165, 1.54) is 36.0 Å². The van der Waals surface area contributed by atoms with E-state index in [4.69, 9.17) is 4.74 Å². The van der Waals surface area contributed by atoms with Gasteiger partial charge in [-0.3, -0.25) is 14.2 Å². The number of rotatable bonds is 6. The molecule has 0 radical (unpaired) electrons. The second-order valence-corrected chi connectivity index (χ2v) is 8.53. The summed E-state index contributed by atoms with van der Waals surface area (Å²) in [7, 11) is 0. The molecule has 2 heterocycles. The smallest absolute Gasteiger partial charge is 0.262 e. The number of anilines is 1. The number of carbonyl (C=O) groups is 1. The molecule has 1 N–H and O–H groups in total. The normalized spacial score (nSPS) is 17.2. The maximum absolute atomic E-state index is 13.1. The Morgan fingerprint density at radius 1 is 1.30 bits per heavy atom. The van der Waals surface area contributed by atoms with E-state index in [0.717, 1.165) is 12.8 Å². The largest absolute Gasteiger partial charge is 0.376 e. The van der Waals surface area contributed by atoms with E-state index in [9.17, 15) is 14.0 Å². The van der Waals surface area contributed by atoms with Gasteiger partial charge in [0.1, 0.15) is 5.82 Å². The van der Waals surface area contributed by atoms with Gasteiger partial charge < -0.3 is 10.1 Å². The molecule has 30 heavy (non-hydrogen) atoms. The summed E-state index contributed by atoms with van der Waals surface area (Å²) in [6.07, 6.45) is 1.83. The van der Waals surface area contributed by atoms with Gasteiger partial charge in [0.15, 0.2) is 5.16 Å². The van der Waals surface area contributed by atoms with Crippen LogP contribution in [0.2, 0.25) is 0 Å². The molecule has 6 nitrogen and oxygen atoms in total. The van der Waals surface area contributed by atoms with Crippen molar-refractivity contribution in [3.8, 4) is 0 Å². The van der Waals surface area contributed by atoms with Crippen LogP contribution in [0.4, 0.5) is 10.1 Å². The summed E-state index contributed by atoms with van der Waals surface area (Å²) in [6, 6.07) is 12.8. The van der Waals surface area contributed by atoms with E-state index >= 15 is 0 Å². The van der Waals surface area contributed by atoms with Gasteiger partial charge in [-0.05, 0) is 56.2 Å². The maximum atomic E-state index is 13.1. The minimum atomic E-state index is -0.515. The lowest BCUT2D eigenvalue weighted by molar-refractivity contribution is -0.115. The fraction of sp³-hybridized carbons (Fsp3) is 0.318. The monoisotopic (exact) mass is 427 g/mol. The Bertz CT molecular complexity index is 1110. The van der Waals surface area contributed by atoms with Crippen molar-refractivity contribution in [1.82, 2.24) is 9.55 Å². The van der Waals surface area contributed by atoms with Crippen molar-refractivity contribution in [3.05, 3.63) is 64.7 Å². The number of fused-ring (bicyclic) bond motifs is 1. The Kier molecular flexibility index (Phi) is 6.15. The highest BCUT2D eigenvalue weighted by Gasteiger charge is 2.23. The van der Waals surface area contributed by atoms with Crippen LogP contribution in [-0.2, 0) is 16.1 Å². The van der Waals surface area contributed by atoms with Gasteiger partial charge in [-0.1, -0.05) is 23.9 Å². The quantitative estimate of drug-likeness (QED) is 0.478. The fourth-order valence-electron chi connectivity index (χ4n) is 3.38. The summed E-state index contributed by atoms with van der Waals surface area (Å²) < 4.78 is 20.4. The first-order valence-corrected chi connectivity index (χ1v) is 10.7. The number of carbonyl (C=O) groups excluding carboxylic acids is 1. The van der Waals surface area contributed by atoms with Crippen molar-refractivity contribution < 1.29 is 13.9 Å². The highest BCUT2D eigenvalue weighted by atomic mass is 32.2. The minimum Gasteiger partial charge on any atom is -0.376 e. The number of amides is 1. The number of benzene rings is 2.